The van der Waals surface area contributed by atoms with Crippen molar-refractivity contribution in [2.45, 2.75) is 18.9 Å². The lowest BCUT2D eigenvalue weighted by Crippen LogP contribution is -2.25. The van der Waals surface area contributed by atoms with E-state index in [2.05, 4.69) is 10.4 Å². The third kappa shape index (κ3) is 3.36. The number of ether oxygens (including phenoxy) is 1. The molecular formula is C20H18ClN3O3. The van der Waals surface area contributed by atoms with Gasteiger partial charge in [-0.05, 0) is 35.4 Å². The van der Waals surface area contributed by atoms with Gasteiger partial charge in [0.2, 0.25) is 5.91 Å². The van der Waals surface area contributed by atoms with Crippen molar-refractivity contribution in [3.63, 3.8) is 0 Å². The number of phenolic OH excluding ortho intramolecular Hbond substituents is 1. The zero-order valence-electron chi connectivity index (χ0n) is 14.6. The van der Waals surface area contributed by atoms with E-state index in [0.717, 1.165) is 16.7 Å². The number of rotatable bonds is 4. The van der Waals surface area contributed by atoms with Crippen molar-refractivity contribution in [1.29, 1.82) is 0 Å². The summed E-state index contributed by atoms with van der Waals surface area (Å²) in [4.78, 5) is 12.3. The molecule has 27 heavy (non-hydrogen) atoms. The highest BCUT2D eigenvalue weighted by Crippen LogP contribution is 2.39. The second kappa shape index (κ2) is 6.96. The molecular weight excluding hydrogens is 366 g/mol. The summed E-state index contributed by atoms with van der Waals surface area (Å²) in [5.74, 6) is 0.875. The van der Waals surface area contributed by atoms with Crippen molar-refractivity contribution < 1.29 is 14.6 Å². The number of carbonyl (C=O) groups excluding carboxylic acids is 1. The maximum atomic E-state index is 12.3. The number of amides is 1. The minimum Gasteiger partial charge on any atom is -0.504 e. The van der Waals surface area contributed by atoms with E-state index >= 15 is 0 Å². The fourth-order valence-corrected chi connectivity index (χ4v) is 3.50. The third-order valence-corrected chi connectivity index (χ3v) is 4.99. The Kier molecular flexibility index (Phi) is 4.49. The Labute approximate surface area is 161 Å². The minimum absolute atomic E-state index is 0.0519. The van der Waals surface area contributed by atoms with Crippen molar-refractivity contribution in [2.75, 3.05) is 12.4 Å². The molecule has 2 aromatic carbocycles. The largest absolute Gasteiger partial charge is 0.504 e. The van der Waals surface area contributed by atoms with Crippen molar-refractivity contribution in [1.82, 2.24) is 9.78 Å². The molecule has 0 spiro atoms. The van der Waals surface area contributed by atoms with Gasteiger partial charge in [-0.15, -0.1) is 0 Å². The highest BCUT2D eigenvalue weighted by molar-refractivity contribution is 6.30. The Morgan fingerprint density at radius 1 is 1.30 bits per heavy atom. The maximum absolute atomic E-state index is 12.3. The van der Waals surface area contributed by atoms with Crippen LogP contribution in [0, 0.1) is 0 Å². The van der Waals surface area contributed by atoms with Gasteiger partial charge < -0.3 is 15.2 Å². The Balaban J connectivity index is 1.69. The van der Waals surface area contributed by atoms with Gasteiger partial charge in [0.15, 0.2) is 11.5 Å². The number of nitrogens with one attached hydrogen (secondary N) is 1. The van der Waals surface area contributed by atoms with Gasteiger partial charge in [-0.3, -0.25) is 4.79 Å². The van der Waals surface area contributed by atoms with Crippen LogP contribution in [0.1, 0.15) is 29.0 Å². The topological polar surface area (TPSA) is 76.4 Å². The highest BCUT2D eigenvalue weighted by atomic mass is 35.5. The first-order chi connectivity index (χ1) is 13.0. The minimum atomic E-state index is -0.176. The van der Waals surface area contributed by atoms with Crippen LogP contribution >= 0.6 is 11.6 Å². The number of carbonyl (C=O) groups is 1. The van der Waals surface area contributed by atoms with Crippen LogP contribution < -0.4 is 10.1 Å². The van der Waals surface area contributed by atoms with Crippen LogP contribution in [0.4, 0.5) is 5.82 Å². The number of halogens is 1. The van der Waals surface area contributed by atoms with E-state index < -0.39 is 0 Å². The van der Waals surface area contributed by atoms with E-state index in [4.69, 9.17) is 16.3 Å². The number of methoxy groups -OCH3 is 1. The quantitative estimate of drug-likeness (QED) is 0.719. The average Bonchev–Trinajstić information content (AvgIpc) is 3.05. The van der Waals surface area contributed by atoms with Crippen molar-refractivity contribution >= 4 is 23.3 Å². The second-order valence-corrected chi connectivity index (χ2v) is 6.91. The molecule has 1 aliphatic heterocycles. The number of hydrogen-bond donors (Lipinski definition) is 2. The smallest absolute Gasteiger partial charge is 0.226 e. The monoisotopic (exact) mass is 383 g/mol. The van der Waals surface area contributed by atoms with Crippen molar-refractivity contribution in [2.24, 2.45) is 0 Å². The van der Waals surface area contributed by atoms with Crippen molar-refractivity contribution in [3.8, 4) is 11.5 Å². The third-order valence-electron chi connectivity index (χ3n) is 4.74. The molecule has 0 aliphatic carbocycles. The number of aromatic nitrogens is 2. The first-order valence-corrected chi connectivity index (χ1v) is 8.90. The second-order valence-electron chi connectivity index (χ2n) is 6.47. The Hall–Kier alpha value is -2.99. The van der Waals surface area contributed by atoms with Gasteiger partial charge in [-0.2, -0.15) is 5.10 Å². The fraction of sp³-hybridized carbons (Fsp3) is 0.200. The molecule has 0 radical (unpaired) electrons. The Morgan fingerprint density at radius 2 is 2.07 bits per heavy atom. The molecule has 7 heteroatoms. The molecule has 138 valence electrons. The van der Waals surface area contributed by atoms with Crippen LogP contribution in [0.3, 0.4) is 0 Å². The number of fused-ring (bicyclic) bond motifs is 1. The number of hydrogen-bond acceptors (Lipinski definition) is 4. The molecule has 1 aromatic heterocycles. The molecule has 4 rings (SSSR count). The molecule has 0 bridgehead atoms. The molecule has 2 heterocycles. The SMILES string of the molecule is COc1ccc([C@@H]2CC(=O)Nc3c2cnn3Cc2ccc(Cl)cc2)cc1O. The summed E-state index contributed by atoms with van der Waals surface area (Å²) in [5.41, 5.74) is 2.80. The molecule has 0 fully saturated rings. The van der Waals surface area contributed by atoms with E-state index in [1.165, 1.54) is 7.11 Å². The summed E-state index contributed by atoms with van der Waals surface area (Å²) in [6.07, 6.45) is 2.07. The van der Waals surface area contributed by atoms with Crippen LogP contribution in [-0.4, -0.2) is 27.9 Å². The number of anilines is 1. The molecule has 6 nitrogen and oxygen atoms in total. The summed E-state index contributed by atoms with van der Waals surface area (Å²) in [7, 11) is 1.50. The van der Waals surface area contributed by atoms with Gasteiger partial charge in [0, 0.05) is 22.9 Å². The number of benzene rings is 2. The van der Waals surface area contributed by atoms with E-state index in [0.29, 0.717) is 29.6 Å². The Morgan fingerprint density at radius 3 is 2.78 bits per heavy atom. The van der Waals surface area contributed by atoms with Crippen LogP contribution in [0.2, 0.25) is 5.02 Å². The van der Waals surface area contributed by atoms with E-state index in [1.807, 2.05) is 30.3 Å². The molecule has 0 saturated heterocycles. The van der Waals surface area contributed by atoms with Gasteiger partial charge in [-0.25, -0.2) is 4.68 Å². The van der Waals surface area contributed by atoms with Crippen LogP contribution in [0.25, 0.3) is 0 Å². The molecule has 1 atom stereocenters. The summed E-state index contributed by atoms with van der Waals surface area (Å²) in [6, 6.07) is 12.7. The number of phenols is 1. The predicted octanol–water partition coefficient (Wildman–Crippen LogP) is 3.77. The van der Waals surface area contributed by atoms with E-state index in [1.54, 1.807) is 23.0 Å². The lowest BCUT2D eigenvalue weighted by molar-refractivity contribution is -0.116. The molecule has 0 unspecified atom stereocenters. The van der Waals surface area contributed by atoms with Gasteiger partial charge in [0.25, 0.3) is 0 Å². The van der Waals surface area contributed by atoms with Crippen LogP contribution in [0.5, 0.6) is 11.5 Å². The normalized spacial score (nSPS) is 15.9. The van der Waals surface area contributed by atoms with E-state index in [-0.39, 0.29) is 17.6 Å². The summed E-state index contributed by atoms with van der Waals surface area (Å²) in [5, 5.41) is 18.2. The Bertz CT molecular complexity index is 998. The van der Waals surface area contributed by atoms with Gasteiger partial charge >= 0.3 is 0 Å². The lowest BCUT2D eigenvalue weighted by atomic mass is 9.87. The van der Waals surface area contributed by atoms with Gasteiger partial charge in [0.05, 0.1) is 19.9 Å². The van der Waals surface area contributed by atoms with Crippen molar-refractivity contribution in [3.05, 3.63) is 70.4 Å². The van der Waals surface area contributed by atoms with E-state index in [9.17, 15) is 9.90 Å². The maximum Gasteiger partial charge on any atom is 0.226 e. The average molecular weight is 384 g/mol. The van der Waals surface area contributed by atoms with Gasteiger partial charge in [-0.1, -0.05) is 29.8 Å². The zero-order chi connectivity index (χ0) is 19.0. The summed E-state index contributed by atoms with van der Waals surface area (Å²) in [6.45, 7) is 0.521. The molecule has 1 amide bonds. The summed E-state index contributed by atoms with van der Waals surface area (Å²) >= 11 is 5.94. The molecule has 1 aliphatic rings. The standard InChI is InChI=1S/C20H18ClN3O3/c1-27-18-7-4-13(8-17(18)25)15-9-19(26)23-20-16(15)10-22-24(20)11-12-2-5-14(21)6-3-12/h2-8,10,15,25H,9,11H2,1H3,(H,23,26)/t15-/m0/s1. The lowest BCUT2D eigenvalue weighted by Gasteiger charge is -2.24. The zero-order valence-corrected chi connectivity index (χ0v) is 15.4. The molecule has 2 N–H and O–H groups in total. The predicted molar refractivity (Wildman–Crippen MR) is 103 cm³/mol. The van der Waals surface area contributed by atoms with Gasteiger partial charge in [0.1, 0.15) is 5.82 Å². The number of nitrogens with zero attached hydrogens (tertiary/aromatic N) is 2. The highest BCUT2D eigenvalue weighted by Gasteiger charge is 2.30. The fourth-order valence-electron chi connectivity index (χ4n) is 3.37. The first-order valence-electron chi connectivity index (χ1n) is 8.52. The first kappa shape index (κ1) is 17.4. The van der Waals surface area contributed by atoms with Crippen LogP contribution in [-0.2, 0) is 11.3 Å². The summed E-state index contributed by atoms with van der Waals surface area (Å²) < 4.78 is 6.87. The van der Waals surface area contributed by atoms with Crippen LogP contribution in [0.15, 0.2) is 48.7 Å². The number of aromatic hydroxyl groups is 1. The molecule has 3 aromatic rings. The molecule has 0 saturated carbocycles.